The first-order chi connectivity index (χ1) is 8.47. The molecule has 0 saturated carbocycles. The van der Waals surface area contributed by atoms with Gasteiger partial charge in [0.25, 0.3) is 0 Å². The molecule has 0 spiro atoms. The fraction of sp³-hybridized carbons (Fsp3) is 0.600. The molecule has 1 aromatic rings. The molecule has 1 N–H and O–H groups in total. The van der Waals surface area contributed by atoms with Crippen molar-refractivity contribution >= 4 is 60.7 Å². The van der Waals surface area contributed by atoms with E-state index in [1.165, 1.54) is 6.07 Å². The Morgan fingerprint density at radius 2 is 2.17 bits per heavy atom. The van der Waals surface area contributed by atoms with Gasteiger partial charge in [0.2, 0.25) is 10.0 Å². The van der Waals surface area contributed by atoms with Crippen molar-refractivity contribution < 1.29 is 8.42 Å². The van der Waals surface area contributed by atoms with Crippen LogP contribution in [0.2, 0.25) is 5.02 Å². The van der Waals surface area contributed by atoms with E-state index in [-0.39, 0.29) is 4.21 Å². The van der Waals surface area contributed by atoms with Gasteiger partial charge in [0.15, 0.2) is 0 Å². The van der Waals surface area contributed by atoms with E-state index in [0.29, 0.717) is 15.4 Å². The minimum Gasteiger partial charge on any atom is -0.210 e. The molecule has 1 aromatic heterocycles. The van der Waals surface area contributed by atoms with E-state index in [1.807, 2.05) is 11.8 Å². The summed E-state index contributed by atoms with van der Waals surface area (Å²) in [6.07, 6.45) is 5.10. The number of rotatable bonds is 8. The lowest BCUT2D eigenvalue weighted by molar-refractivity contribution is 0.578. The molecule has 0 amide bonds. The molecule has 0 aliphatic rings. The fourth-order valence-corrected chi connectivity index (χ4v) is 5.29. The van der Waals surface area contributed by atoms with Crippen LogP contribution in [-0.4, -0.2) is 27.0 Å². The maximum absolute atomic E-state index is 11.9. The highest BCUT2D eigenvalue weighted by atomic mass is 79.9. The van der Waals surface area contributed by atoms with Gasteiger partial charge < -0.3 is 0 Å². The van der Waals surface area contributed by atoms with Crippen LogP contribution in [0.3, 0.4) is 0 Å². The number of halogens is 2. The van der Waals surface area contributed by atoms with Gasteiger partial charge >= 0.3 is 0 Å². The second-order valence-corrected chi connectivity index (χ2v) is 9.40. The van der Waals surface area contributed by atoms with Gasteiger partial charge in [-0.2, -0.15) is 11.8 Å². The number of thioether (sulfide) groups is 1. The average molecular weight is 393 g/mol. The fourth-order valence-electron chi connectivity index (χ4n) is 1.29. The van der Waals surface area contributed by atoms with Crippen LogP contribution in [0.15, 0.2) is 14.1 Å². The normalized spacial score (nSPS) is 11.9. The molecule has 104 valence electrons. The zero-order valence-corrected chi connectivity index (χ0v) is 14.7. The third-order valence-corrected chi connectivity index (χ3v) is 7.31. The third kappa shape index (κ3) is 5.38. The Balaban J connectivity index is 2.41. The summed E-state index contributed by atoms with van der Waals surface area (Å²) in [4.78, 5) is 0. The first-order valence-electron chi connectivity index (χ1n) is 5.41. The second kappa shape index (κ2) is 8.11. The van der Waals surface area contributed by atoms with Crippen molar-refractivity contribution in [2.24, 2.45) is 0 Å². The standard InChI is InChI=1S/C10H15BrClNO2S3/c1-16-6-4-2-3-5-13-18(14,15)9-7-8(12)10(11)17-9/h7,13H,2-6H2,1H3. The van der Waals surface area contributed by atoms with E-state index in [1.54, 1.807) is 0 Å². The highest BCUT2D eigenvalue weighted by molar-refractivity contribution is 9.11. The van der Waals surface area contributed by atoms with Gasteiger partial charge in [0.05, 0.1) is 8.81 Å². The maximum atomic E-state index is 11.9. The van der Waals surface area contributed by atoms with Crippen molar-refractivity contribution in [3.05, 3.63) is 14.9 Å². The van der Waals surface area contributed by atoms with Crippen LogP contribution in [0.5, 0.6) is 0 Å². The predicted molar refractivity (Wildman–Crippen MR) is 84.5 cm³/mol. The molecule has 0 saturated heterocycles. The lowest BCUT2D eigenvalue weighted by atomic mass is 10.2. The summed E-state index contributed by atoms with van der Waals surface area (Å²) in [6, 6.07) is 1.46. The highest BCUT2D eigenvalue weighted by Gasteiger charge is 2.18. The Morgan fingerprint density at radius 3 is 2.72 bits per heavy atom. The molecule has 1 rings (SSSR count). The number of thiophene rings is 1. The molecule has 1 heterocycles. The molecule has 0 fully saturated rings. The highest BCUT2D eigenvalue weighted by Crippen LogP contribution is 2.34. The van der Waals surface area contributed by atoms with Gasteiger partial charge in [-0.3, -0.25) is 0 Å². The Kier molecular flexibility index (Phi) is 7.57. The number of unbranched alkanes of at least 4 members (excludes halogenated alkanes) is 2. The summed E-state index contributed by atoms with van der Waals surface area (Å²) >= 11 is 12.0. The van der Waals surface area contributed by atoms with E-state index in [4.69, 9.17) is 11.6 Å². The second-order valence-electron chi connectivity index (χ2n) is 3.64. The summed E-state index contributed by atoms with van der Waals surface area (Å²) in [5.74, 6) is 1.13. The molecule has 18 heavy (non-hydrogen) atoms. The largest absolute Gasteiger partial charge is 0.250 e. The Morgan fingerprint density at radius 1 is 1.44 bits per heavy atom. The van der Waals surface area contributed by atoms with E-state index in [0.717, 1.165) is 36.4 Å². The number of hydrogen-bond donors (Lipinski definition) is 1. The number of nitrogens with one attached hydrogen (secondary N) is 1. The summed E-state index contributed by atoms with van der Waals surface area (Å²) in [5.41, 5.74) is 0. The molecule has 0 aliphatic heterocycles. The van der Waals surface area contributed by atoms with Gasteiger partial charge in [-0.1, -0.05) is 18.0 Å². The van der Waals surface area contributed by atoms with Crippen LogP contribution in [-0.2, 0) is 10.0 Å². The molecule has 0 aromatic carbocycles. The van der Waals surface area contributed by atoms with E-state index >= 15 is 0 Å². The third-order valence-electron chi connectivity index (χ3n) is 2.20. The zero-order valence-electron chi connectivity index (χ0n) is 9.91. The minimum absolute atomic E-state index is 0.253. The molecule has 0 radical (unpaired) electrons. The molecule has 0 atom stereocenters. The van der Waals surface area contributed by atoms with Crippen molar-refractivity contribution in [3.63, 3.8) is 0 Å². The summed E-state index contributed by atoms with van der Waals surface area (Å²) in [5, 5.41) is 0.431. The summed E-state index contributed by atoms with van der Waals surface area (Å²) in [7, 11) is -3.41. The van der Waals surface area contributed by atoms with E-state index in [9.17, 15) is 8.42 Å². The van der Waals surface area contributed by atoms with Crippen molar-refractivity contribution in [1.82, 2.24) is 4.72 Å². The molecule has 0 bridgehead atoms. The van der Waals surface area contributed by atoms with E-state index in [2.05, 4.69) is 26.9 Å². The Hall–Kier alpha value is 0.730. The molecule has 0 unspecified atom stereocenters. The van der Waals surface area contributed by atoms with Crippen molar-refractivity contribution in [2.45, 2.75) is 23.5 Å². The van der Waals surface area contributed by atoms with Gasteiger partial charge in [0, 0.05) is 6.54 Å². The van der Waals surface area contributed by atoms with Gasteiger partial charge in [-0.25, -0.2) is 13.1 Å². The number of sulfonamides is 1. The smallest absolute Gasteiger partial charge is 0.210 e. The van der Waals surface area contributed by atoms with Crippen LogP contribution in [0, 0.1) is 0 Å². The summed E-state index contributed by atoms with van der Waals surface area (Å²) in [6.45, 7) is 0.476. The quantitative estimate of drug-likeness (QED) is 0.681. The Labute approximate surface area is 130 Å². The molecule has 8 heteroatoms. The average Bonchev–Trinajstić information content (AvgIpc) is 2.65. The van der Waals surface area contributed by atoms with Gasteiger partial charge in [-0.15, -0.1) is 11.3 Å². The van der Waals surface area contributed by atoms with Crippen LogP contribution in [0.25, 0.3) is 0 Å². The van der Waals surface area contributed by atoms with E-state index < -0.39 is 10.0 Å². The first kappa shape index (κ1) is 16.8. The zero-order chi connectivity index (χ0) is 13.6. The molecule has 3 nitrogen and oxygen atoms in total. The van der Waals surface area contributed by atoms with Crippen molar-refractivity contribution in [3.8, 4) is 0 Å². The molecule has 0 aliphatic carbocycles. The lowest BCUT2D eigenvalue weighted by Crippen LogP contribution is -2.23. The van der Waals surface area contributed by atoms with Crippen molar-refractivity contribution in [2.75, 3.05) is 18.6 Å². The SMILES string of the molecule is CSCCCCCNS(=O)(=O)c1cc(Cl)c(Br)s1. The topological polar surface area (TPSA) is 46.2 Å². The molecular weight excluding hydrogens is 378 g/mol. The predicted octanol–water partition coefficient (Wildman–Crippen LogP) is 3.98. The first-order valence-corrected chi connectivity index (χ1v) is 10.3. The Bertz CT molecular complexity index is 456. The maximum Gasteiger partial charge on any atom is 0.250 e. The monoisotopic (exact) mass is 391 g/mol. The van der Waals surface area contributed by atoms with Crippen LogP contribution >= 0.6 is 50.6 Å². The van der Waals surface area contributed by atoms with Crippen molar-refractivity contribution in [1.29, 1.82) is 0 Å². The minimum atomic E-state index is -3.41. The van der Waals surface area contributed by atoms with Gasteiger partial charge in [0.1, 0.15) is 4.21 Å². The lowest BCUT2D eigenvalue weighted by Gasteiger charge is -2.04. The summed E-state index contributed by atoms with van der Waals surface area (Å²) < 4.78 is 27.3. The van der Waals surface area contributed by atoms with Crippen LogP contribution < -0.4 is 4.72 Å². The van der Waals surface area contributed by atoms with Crippen LogP contribution in [0.4, 0.5) is 0 Å². The molecular formula is C10H15BrClNO2S3. The van der Waals surface area contributed by atoms with Gasteiger partial charge in [-0.05, 0) is 46.8 Å². The number of hydrogen-bond acceptors (Lipinski definition) is 4. The van der Waals surface area contributed by atoms with Crippen LogP contribution in [0.1, 0.15) is 19.3 Å².